The van der Waals surface area contributed by atoms with Gasteiger partial charge in [-0.2, -0.15) is 0 Å². The minimum Gasteiger partial charge on any atom is -0.313 e. The summed E-state index contributed by atoms with van der Waals surface area (Å²) in [4.78, 5) is 41.9. The van der Waals surface area contributed by atoms with Crippen LogP contribution in [0.2, 0.25) is 0 Å². The van der Waals surface area contributed by atoms with Crippen molar-refractivity contribution in [2.75, 3.05) is 11.9 Å². The number of amides is 1. The highest BCUT2D eigenvalue weighted by molar-refractivity contribution is 7.09. The first-order valence-corrected chi connectivity index (χ1v) is 8.14. The SMILES string of the molecule is CN(C(=O)c1c[nH]c(=O)n(Cc2cccs2)c1=O)c1ccccc1. The first kappa shape index (κ1) is 15.9. The van der Waals surface area contributed by atoms with Gasteiger partial charge in [0.2, 0.25) is 0 Å². The molecule has 1 amide bonds. The first-order chi connectivity index (χ1) is 11.6. The molecule has 1 aromatic carbocycles. The van der Waals surface area contributed by atoms with Crippen molar-refractivity contribution in [3.63, 3.8) is 0 Å². The van der Waals surface area contributed by atoms with E-state index >= 15 is 0 Å². The molecule has 1 N–H and O–H groups in total. The van der Waals surface area contributed by atoms with Crippen LogP contribution < -0.4 is 16.1 Å². The predicted octanol–water partition coefficient (Wildman–Crippen LogP) is 1.92. The second-order valence-corrected chi connectivity index (χ2v) is 6.21. The van der Waals surface area contributed by atoms with Crippen molar-refractivity contribution < 1.29 is 4.79 Å². The van der Waals surface area contributed by atoms with Gasteiger partial charge in [-0.3, -0.25) is 14.2 Å². The van der Waals surface area contributed by atoms with Gasteiger partial charge in [-0.15, -0.1) is 11.3 Å². The van der Waals surface area contributed by atoms with E-state index in [0.717, 1.165) is 9.44 Å². The molecule has 0 aliphatic heterocycles. The molecule has 6 nitrogen and oxygen atoms in total. The number of nitrogens with zero attached hydrogens (tertiary/aromatic N) is 2. The maximum atomic E-state index is 12.6. The molecule has 0 radical (unpaired) electrons. The maximum absolute atomic E-state index is 12.6. The molecule has 0 atom stereocenters. The van der Waals surface area contributed by atoms with Gasteiger partial charge >= 0.3 is 5.69 Å². The largest absolute Gasteiger partial charge is 0.328 e. The van der Waals surface area contributed by atoms with Crippen LogP contribution in [-0.4, -0.2) is 22.5 Å². The Hall–Kier alpha value is -2.93. The number of aromatic amines is 1. The van der Waals surface area contributed by atoms with Crippen LogP contribution in [0.25, 0.3) is 0 Å². The first-order valence-electron chi connectivity index (χ1n) is 7.26. The molecule has 2 aromatic heterocycles. The Bertz CT molecular complexity index is 959. The minimum atomic E-state index is -0.597. The van der Waals surface area contributed by atoms with E-state index in [2.05, 4.69) is 4.98 Å². The standard InChI is InChI=1S/C17H15N3O3S/c1-19(12-6-3-2-4-7-12)15(21)14-10-18-17(23)20(16(14)22)11-13-8-5-9-24-13/h2-10H,11H2,1H3,(H,18,23). The summed E-state index contributed by atoms with van der Waals surface area (Å²) in [6.45, 7) is 0.141. The van der Waals surface area contributed by atoms with E-state index in [1.807, 2.05) is 23.6 Å². The molecule has 3 aromatic rings. The van der Waals surface area contributed by atoms with Gasteiger partial charge in [0, 0.05) is 23.8 Å². The summed E-state index contributed by atoms with van der Waals surface area (Å²) in [6, 6.07) is 12.7. The van der Waals surface area contributed by atoms with Crippen LogP contribution in [0.4, 0.5) is 5.69 Å². The van der Waals surface area contributed by atoms with Crippen molar-refractivity contribution in [1.29, 1.82) is 0 Å². The molecule has 122 valence electrons. The van der Waals surface area contributed by atoms with E-state index in [1.54, 1.807) is 31.3 Å². The highest BCUT2D eigenvalue weighted by atomic mass is 32.1. The zero-order valence-corrected chi connectivity index (χ0v) is 13.7. The van der Waals surface area contributed by atoms with Crippen LogP contribution in [0.15, 0.2) is 63.6 Å². The molecule has 0 saturated heterocycles. The zero-order valence-electron chi connectivity index (χ0n) is 12.9. The number of benzene rings is 1. The number of para-hydroxylation sites is 1. The number of rotatable bonds is 4. The molecule has 3 rings (SSSR count). The highest BCUT2D eigenvalue weighted by Crippen LogP contribution is 2.13. The molecular formula is C17H15N3O3S. The summed E-state index contributed by atoms with van der Waals surface area (Å²) < 4.78 is 1.04. The molecule has 0 bridgehead atoms. The fourth-order valence-corrected chi connectivity index (χ4v) is 3.01. The monoisotopic (exact) mass is 341 g/mol. The van der Waals surface area contributed by atoms with Crippen LogP contribution in [0.1, 0.15) is 15.2 Å². The lowest BCUT2D eigenvalue weighted by atomic mass is 10.2. The van der Waals surface area contributed by atoms with Crippen LogP contribution in [-0.2, 0) is 6.54 Å². The molecule has 0 saturated carbocycles. The number of hydrogen-bond acceptors (Lipinski definition) is 4. The Kier molecular flexibility index (Phi) is 4.43. The lowest BCUT2D eigenvalue weighted by Gasteiger charge is -2.17. The van der Waals surface area contributed by atoms with Gasteiger partial charge in [-0.05, 0) is 23.6 Å². The molecule has 2 heterocycles. The zero-order chi connectivity index (χ0) is 17.1. The topological polar surface area (TPSA) is 75.2 Å². The quantitative estimate of drug-likeness (QED) is 0.788. The molecular weight excluding hydrogens is 326 g/mol. The average Bonchev–Trinajstić information content (AvgIpc) is 3.11. The van der Waals surface area contributed by atoms with Crippen molar-refractivity contribution in [3.8, 4) is 0 Å². The van der Waals surface area contributed by atoms with E-state index in [-0.39, 0.29) is 12.1 Å². The summed E-state index contributed by atoms with van der Waals surface area (Å²) in [7, 11) is 1.59. The third kappa shape index (κ3) is 3.07. The van der Waals surface area contributed by atoms with Crippen molar-refractivity contribution in [2.45, 2.75) is 6.54 Å². The molecule has 7 heteroatoms. The number of nitrogens with one attached hydrogen (secondary N) is 1. The van der Waals surface area contributed by atoms with E-state index in [4.69, 9.17) is 0 Å². The van der Waals surface area contributed by atoms with Crippen LogP contribution in [0, 0.1) is 0 Å². The Morgan fingerprint density at radius 3 is 2.58 bits per heavy atom. The number of hydrogen-bond donors (Lipinski definition) is 1. The van der Waals surface area contributed by atoms with Crippen molar-refractivity contribution in [1.82, 2.24) is 9.55 Å². The lowest BCUT2D eigenvalue weighted by molar-refractivity contribution is 0.0990. The second-order valence-electron chi connectivity index (χ2n) is 5.18. The molecule has 0 aliphatic rings. The van der Waals surface area contributed by atoms with Gasteiger partial charge in [0.05, 0.1) is 6.54 Å². The number of H-pyrrole nitrogens is 1. The van der Waals surface area contributed by atoms with Crippen molar-refractivity contribution in [3.05, 3.63) is 85.3 Å². The maximum Gasteiger partial charge on any atom is 0.328 e. The van der Waals surface area contributed by atoms with Gasteiger partial charge in [0.15, 0.2) is 0 Å². The second kappa shape index (κ2) is 6.67. The highest BCUT2D eigenvalue weighted by Gasteiger charge is 2.19. The number of anilines is 1. The van der Waals surface area contributed by atoms with Gasteiger partial charge in [0.1, 0.15) is 5.56 Å². The third-order valence-corrected chi connectivity index (χ3v) is 4.49. The van der Waals surface area contributed by atoms with E-state index in [1.165, 1.54) is 22.4 Å². The summed E-state index contributed by atoms with van der Waals surface area (Å²) in [5.41, 5.74) is -0.539. The molecule has 24 heavy (non-hydrogen) atoms. The smallest absolute Gasteiger partial charge is 0.313 e. The molecule has 0 unspecified atom stereocenters. The Balaban J connectivity index is 1.98. The van der Waals surface area contributed by atoms with Gasteiger partial charge in [-0.25, -0.2) is 4.79 Å². The Morgan fingerprint density at radius 1 is 1.17 bits per heavy atom. The van der Waals surface area contributed by atoms with Crippen molar-refractivity contribution >= 4 is 22.9 Å². The number of thiophene rings is 1. The van der Waals surface area contributed by atoms with E-state index in [0.29, 0.717) is 5.69 Å². The number of carbonyl (C=O) groups excluding carboxylic acids is 1. The fourth-order valence-electron chi connectivity index (χ4n) is 2.32. The Labute approximate surface area is 141 Å². The van der Waals surface area contributed by atoms with Crippen LogP contribution >= 0.6 is 11.3 Å². The van der Waals surface area contributed by atoms with Gasteiger partial charge < -0.3 is 9.88 Å². The summed E-state index contributed by atoms with van der Waals surface area (Å²) in [5, 5.41) is 1.87. The molecule has 0 spiro atoms. The fraction of sp³-hybridized carbons (Fsp3) is 0.118. The van der Waals surface area contributed by atoms with Crippen molar-refractivity contribution in [2.24, 2.45) is 0 Å². The molecule has 0 aliphatic carbocycles. The van der Waals surface area contributed by atoms with E-state index in [9.17, 15) is 14.4 Å². The predicted molar refractivity (Wildman–Crippen MR) is 93.9 cm³/mol. The normalized spacial score (nSPS) is 10.5. The summed E-state index contributed by atoms with van der Waals surface area (Å²) in [5.74, 6) is -0.470. The number of aromatic nitrogens is 2. The summed E-state index contributed by atoms with van der Waals surface area (Å²) >= 11 is 1.44. The minimum absolute atomic E-state index is 0.0718. The summed E-state index contributed by atoms with van der Waals surface area (Å²) in [6.07, 6.45) is 1.18. The lowest BCUT2D eigenvalue weighted by Crippen LogP contribution is -2.41. The Morgan fingerprint density at radius 2 is 1.92 bits per heavy atom. The van der Waals surface area contributed by atoms with Crippen LogP contribution in [0.5, 0.6) is 0 Å². The van der Waals surface area contributed by atoms with Crippen LogP contribution in [0.3, 0.4) is 0 Å². The van der Waals surface area contributed by atoms with E-state index < -0.39 is 17.2 Å². The molecule has 0 fully saturated rings. The number of carbonyl (C=O) groups is 1. The average molecular weight is 341 g/mol. The van der Waals surface area contributed by atoms with Gasteiger partial charge in [-0.1, -0.05) is 24.3 Å². The van der Waals surface area contributed by atoms with Gasteiger partial charge in [0.25, 0.3) is 11.5 Å². The third-order valence-electron chi connectivity index (χ3n) is 3.63.